The molecule has 6 N–H and O–H groups in total. The van der Waals surface area contributed by atoms with E-state index < -0.39 is 225 Å². The van der Waals surface area contributed by atoms with Crippen LogP contribution >= 0.6 is 0 Å². The number of carbonyl (C=O) groups is 8. The predicted octanol–water partition coefficient (Wildman–Crippen LogP) is 11.8. The Labute approximate surface area is 700 Å². The summed E-state index contributed by atoms with van der Waals surface area (Å²) < 4.78 is 88.3. The molecule has 4 bridgehead atoms. The van der Waals surface area contributed by atoms with Gasteiger partial charge in [-0.05, 0) is 128 Å². The molecule has 0 spiro atoms. The van der Waals surface area contributed by atoms with Crippen LogP contribution in [0, 0.1) is 57.2 Å². The molecule has 8 fully saturated rings. The lowest BCUT2D eigenvalue weighted by Crippen LogP contribution is -2.83. The number of hydrogen-bond donors (Lipinski definition) is 6. The Bertz CT molecular complexity index is 3940. The lowest BCUT2D eigenvalue weighted by molar-refractivity contribution is -0.403. The zero-order valence-electron chi connectivity index (χ0n) is 72.5. The van der Waals surface area contributed by atoms with Crippen molar-refractivity contribution >= 4 is 48.0 Å². The summed E-state index contributed by atoms with van der Waals surface area (Å²) in [6.07, 6.45) is -12.4. The molecule has 4 heterocycles. The van der Waals surface area contributed by atoms with E-state index in [0.29, 0.717) is 35.1 Å². The molecule has 12 rings (SSSR count). The van der Waals surface area contributed by atoms with Crippen LogP contribution in [0.25, 0.3) is 0 Å². The molecule has 660 valence electrons. The molecule has 2 aromatic rings. The number of fused-ring (bicyclic) bond motifs is 8. The third-order valence-corrected chi connectivity index (χ3v) is 27.0. The number of benzene rings is 2. The van der Waals surface area contributed by atoms with Crippen LogP contribution in [0.15, 0.2) is 108 Å². The summed E-state index contributed by atoms with van der Waals surface area (Å²) in [5.74, 6) is -7.71. The largest absolute Gasteiger partial charge is 0.456 e. The van der Waals surface area contributed by atoms with Crippen molar-refractivity contribution in [2.45, 2.75) is 330 Å². The molecule has 0 radical (unpaired) electrons. The number of aliphatic hydroxyl groups is 4. The molecule has 0 unspecified atom stereocenters. The zero-order valence-corrected chi connectivity index (χ0v) is 72.5. The molecule has 4 saturated carbocycles. The van der Waals surface area contributed by atoms with Crippen LogP contribution in [0.2, 0.25) is 0 Å². The second kappa shape index (κ2) is 34.2. The van der Waals surface area contributed by atoms with Crippen molar-refractivity contribution in [1.29, 1.82) is 0 Å². The molecule has 10 aliphatic rings. The van der Waals surface area contributed by atoms with E-state index >= 15 is 0 Å². The number of nitrogens with one attached hydrogen (secondary N) is 2. The van der Waals surface area contributed by atoms with E-state index in [1.54, 1.807) is 114 Å². The molecule has 2 aromatic carbocycles. The van der Waals surface area contributed by atoms with Crippen LogP contribution in [-0.4, -0.2) is 213 Å². The van der Waals surface area contributed by atoms with Crippen molar-refractivity contribution in [2.75, 3.05) is 13.2 Å². The van der Waals surface area contributed by atoms with Gasteiger partial charge in [0.15, 0.2) is 36.0 Å². The Balaban J connectivity index is 0.000000248. The molecule has 119 heavy (non-hydrogen) atoms. The maximum Gasteiger partial charge on any atom is 0.407 e. The first-order valence-electron chi connectivity index (χ1n) is 41.5. The van der Waals surface area contributed by atoms with Crippen LogP contribution < -0.4 is 10.6 Å². The number of esters is 6. The molecule has 28 heteroatoms. The third kappa shape index (κ3) is 17.0. The molecular formula is C91H130N2O26. The smallest absolute Gasteiger partial charge is 0.407 e. The summed E-state index contributed by atoms with van der Waals surface area (Å²) in [4.78, 5) is 109. The van der Waals surface area contributed by atoms with Crippen molar-refractivity contribution < 1.29 is 125 Å². The van der Waals surface area contributed by atoms with Crippen molar-refractivity contribution in [3.8, 4) is 0 Å². The quantitative estimate of drug-likeness (QED) is 0.0407. The molecular weight excluding hydrogens is 1540 g/mol. The highest BCUT2D eigenvalue weighted by atomic mass is 16.7. The fourth-order valence-corrected chi connectivity index (χ4v) is 22.0. The molecule has 6 aliphatic carbocycles. The maximum atomic E-state index is 14.4. The highest BCUT2D eigenvalue weighted by Gasteiger charge is 2.81. The van der Waals surface area contributed by atoms with Gasteiger partial charge >= 0.3 is 48.0 Å². The molecule has 0 aromatic heterocycles. The first-order chi connectivity index (χ1) is 54.8. The summed E-state index contributed by atoms with van der Waals surface area (Å²) in [5.41, 5.74) is -9.92. The van der Waals surface area contributed by atoms with Crippen molar-refractivity contribution in [3.63, 3.8) is 0 Å². The van der Waals surface area contributed by atoms with Crippen molar-refractivity contribution in [3.05, 3.63) is 119 Å². The van der Waals surface area contributed by atoms with Gasteiger partial charge in [0.25, 0.3) is 0 Å². The molecule has 4 saturated heterocycles. The van der Waals surface area contributed by atoms with E-state index in [0.717, 1.165) is 0 Å². The highest BCUT2D eigenvalue weighted by molar-refractivity contribution is 5.90. The lowest BCUT2D eigenvalue weighted by atomic mass is 9.43. The van der Waals surface area contributed by atoms with E-state index in [2.05, 4.69) is 23.8 Å². The minimum Gasteiger partial charge on any atom is -0.456 e. The summed E-state index contributed by atoms with van der Waals surface area (Å²) in [6.45, 7) is 47.3. The van der Waals surface area contributed by atoms with Gasteiger partial charge in [0.2, 0.25) is 0 Å². The Morgan fingerprint density at radius 1 is 0.529 bits per heavy atom. The minimum absolute atomic E-state index is 0. The zero-order chi connectivity index (χ0) is 87.2. The summed E-state index contributed by atoms with van der Waals surface area (Å²) in [6, 6.07) is 14.6. The standard InChI is InChI=1S/2C45H63NO13.CH4/c2*1-13-32-55-30-20-31-44(22-53-31,58-26(6)47)35-37(57-38(49)27-17-15-14-16-18-27)45(52)21-29(24(4)33(42(45,10)11)25(5)36(56-32)43(30,35)12)54-39(50)34(48)28(19-23(2)3)46-40(51)59-41(7,8)9;/h2*13-18,23,25,28-32,34-37,48,52H,1,19-22H2,2-12H3,(H,46,51);1H4/t25-,28-,29-,30-,31+,32+,34+,35-,36-,37-,43+,44-,45+;25-,28-,29-,30-,31+,32-,34+,35-,36-,37-,43+,44-,45+;/m00./s1. The fourth-order valence-electron chi connectivity index (χ4n) is 22.0. The third-order valence-electron chi connectivity index (χ3n) is 27.0. The normalized spacial score (nSPS) is 36.5. The predicted molar refractivity (Wildman–Crippen MR) is 434 cm³/mol. The van der Waals surface area contributed by atoms with Crippen molar-refractivity contribution in [1.82, 2.24) is 10.6 Å². The van der Waals surface area contributed by atoms with Crippen LogP contribution in [0.1, 0.15) is 219 Å². The summed E-state index contributed by atoms with van der Waals surface area (Å²) in [5, 5.41) is 56.0. The van der Waals surface area contributed by atoms with Gasteiger partial charge in [0.1, 0.15) is 59.0 Å². The van der Waals surface area contributed by atoms with Crippen LogP contribution in [0.4, 0.5) is 9.59 Å². The van der Waals surface area contributed by atoms with Crippen molar-refractivity contribution in [2.24, 2.45) is 57.2 Å². The minimum atomic E-state index is -2.02. The second-order valence-corrected chi connectivity index (χ2v) is 38.6. The maximum absolute atomic E-state index is 14.4. The highest BCUT2D eigenvalue weighted by Crippen LogP contribution is 2.71. The summed E-state index contributed by atoms with van der Waals surface area (Å²) >= 11 is 0. The number of ether oxygens (including phenoxy) is 14. The lowest BCUT2D eigenvalue weighted by Gasteiger charge is -2.71. The number of carbonyl (C=O) groups excluding carboxylic acids is 8. The van der Waals surface area contributed by atoms with Gasteiger partial charge in [-0.25, -0.2) is 28.8 Å². The van der Waals surface area contributed by atoms with E-state index in [4.69, 9.17) is 66.3 Å². The average molecular weight is 1670 g/mol. The van der Waals surface area contributed by atoms with E-state index in [9.17, 15) is 58.8 Å². The van der Waals surface area contributed by atoms with Gasteiger partial charge in [-0.2, -0.15) is 0 Å². The average Bonchev–Trinajstić information content (AvgIpc) is 0.667. The molecule has 4 aliphatic heterocycles. The number of rotatable bonds is 20. The van der Waals surface area contributed by atoms with Crippen LogP contribution in [0.3, 0.4) is 0 Å². The Kier molecular flexibility index (Phi) is 26.9. The molecule has 28 nitrogen and oxygen atoms in total. The van der Waals surface area contributed by atoms with E-state index in [-0.39, 0.29) is 69.3 Å². The molecule has 26 atom stereocenters. The van der Waals surface area contributed by atoms with E-state index in [1.807, 2.05) is 96.9 Å². The number of aliphatic hydroxyl groups excluding tert-OH is 2. The Morgan fingerprint density at radius 2 is 0.857 bits per heavy atom. The monoisotopic (exact) mass is 1670 g/mol. The number of hydrogen-bond acceptors (Lipinski definition) is 26. The topological polar surface area (TPSA) is 371 Å². The number of amides is 2. The SMILES string of the molecule is C.C=C[C@@H]1O[C@H]2C[C@H]3OC[C@@]3(OC(C)=O)[C@H]3[C@H](OC(=O)c4ccccc4)[C@]4(O)C[C@H](OC(=O)[C@H](O)[C@H](CC(C)C)NC(=O)OC(C)(C)C)C(C)=C([C@H](C)[C@H](O1)[C@]23C)C4(C)C.C=C[C@H]1O[C@H]2C[C@H]3OC[C@@]3(OC(C)=O)[C@H]3[C@H](OC(=O)c4ccccc4)[C@]4(O)C[C@H](OC(=O)[C@H](O)[C@H](CC(C)C)NC(=O)OC(C)(C)C)C(C)=C([C@H](C)[C@H](O1)[C@]23C)C4(C)C. The van der Waals surface area contributed by atoms with Gasteiger partial charge in [-0.1, -0.05) is 151 Å². The van der Waals surface area contributed by atoms with E-state index in [1.165, 1.54) is 13.8 Å². The van der Waals surface area contributed by atoms with Gasteiger partial charge in [-0.3, -0.25) is 9.59 Å². The van der Waals surface area contributed by atoms with Gasteiger partial charge in [0.05, 0.1) is 72.7 Å². The second-order valence-electron chi connectivity index (χ2n) is 38.6. The first kappa shape index (κ1) is 93.6. The first-order valence-corrected chi connectivity index (χ1v) is 41.5. The number of alkyl carbamates (subject to hydrolysis) is 2. The van der Waals surface area contributed by atoms with Gasteiger partial charge in [0, 0.05) is 73.0 Å². The van der Waals surface area contributed by atoms with Crippen LogP contribution in [0.5, 0.6) is 0 Å². The Hall–Kier alpha value is -7.64. The summed E-state index contributed by atoms with van der Waals surface area (Å²) in [7, 11) is 0. The fraction of sp³-hybridized carbons (Fsp3) is 0.692. The van der Waals surface area contributed by atoms with Crippen LogP contribution in [-0.2, 0) is 85.5 Å². The van der Waals surface area contributed by atoms with Gasteiger partial charge < -0.3 is 97.4 Å². The Morgan fingerprint density at radius 3 is 1.13 bits per heavy atom. The van der Waals surface area contributed by atoms with Gasteiger partial charge in [-0.15, -0.1) is 0 Å². The molecule has 2 amide bonds.